The average molecular weight is 315 g/mol. The number of carbonyl (C=O) groups is 1. The molecule has 0 bridgehead atoms. The molecule has 1 aromatic carbocycles. The third kappa shape index (κ3) is 3.92. The second-order valence-corrected chi connectivity index (χ2v) is 6.85. The number of likely N-dealkylation sites (tertiary alicyclic amines) is 1. The highest BCUT2D eigenvalue weighted by Crippen LogP contribution is 2.21. The molecule has 0 spiro atoms. The molecule has 1 fully saturated rings. The molecule has 1 aliphatic rings. The van der Waals surface area contributed by atoms with Crippen LogP contribution in [0.4, 0.5) is 14.9 Å². The zero-order chi connectivity index (χ0) is 15.6. The first-order valence-electron chi connectivity index (χ1n) is 6.65. The first kappa shape index (κ1) is 15.7. The molecule has 1 aliphatic heterocycles. The van der Waals surface area contributed by atoms with Crippen molar-refractivity contribution in [3.63, 3.8) is 0 Å². The Morgan fingerprint density at radius 1 is 1.38 bits per heavy atom. The van der Waals surface area contributed by atoms with Gasteiger partial charge in [-0.2, -0.15) is 0 Å². The maximum absolute atomic E-state index is 13.7. The minimum atomic E-state index is -3.94. The normalized spacial score (nSPS) is 16.8. The zero-order valence-electron chi connectivity index (χ0n) is 11.7. The van der Waals surface area contributed by atoms with Crippen LogP contribution in [0.15, 0.2) is 23.1 Å². The lowest BCUT2D eigenvalue weighted by molar-refractivity contribution is 0.186. The number of piperidine rings is 1. The van der Waals surface area contributed by atoms with E-state index >= 15 is 0 Å². The standard InChI is InChI=1S/C13H18FN3O3S/c1-9-4-6-17(7-5-9)13(18)16-12-8-10(21(15,19)20)2-3-11(12)14/h2-3,8-9H,4-7H2,1H3,(H,16,18)(H2,15,19,20). The molecule has 8 heteroatoms. The van der Waals surface area contributed by atoms with Gasteiger partial charge in [-0.1, -0.05) is 6.92 Å². The quantitative estimate of drug-likeness (QED) is 0.870. The van der Waals surface area contributed by atoms with Gasteiger partial charge in [-0.15, -0.1) is 0 Å². The number of anilines is 1. The van der Waals surface area contributed by atoms with E-state index in [2.05, 4.69) is 12.2 Å². The minimum absolute atomic E-state index is 0.190. The number of carbonyl (C=O) groups excluding carboxylic acids is 1. The Bertz CT molecular complexity index is 640. The number of benzene rings is 1. The van der Waals surface area contributed by atoms with Gasteiger partial charge in [0.25, 0.3) is 0 Å². The van der Waals surface area contributed by atoms with Crippen LogP contribution >= 0.6 is 0 Å². The Balaban J connectivity index is 2.14. The summed E-state index contributed by atoms with van der Waals surface area (Å²) in [5.41, 5.74) is -0.190. The molecular weight excluding hydrogens is 297 g/mol. The number of urea groups is 1. The van der Waals surface area contributed by atoms with E-state index in [4.69, 9.17) is 5.14 Å². The summed E-state index contributed by atoms with van der Waals surface area (Å²) < 4.78 is 36.2. The highest BCUT2D eigenvalue weighted by Gasteiger charge is 2.21. The SMILES string of the molecule is CC1CCN(C(=O)Nc2cc(S(N)(=O)=O)ccc2F)CC1. The lowest BCUT2D eigenvalue weighted by Gasteiger charge is -2.30. The Kier molecular flexibility index (Phi) is 4.48. The van der Waals surface area contributed by atoms with E-state index in [0.717, 1.165) is 31.0 Å². The topological polar surface area (TPSA) is 92.5 Å². The van der Waals surface area contributed by atoms with E-state index in [1.807, 2.05) is 0 Å². The lowest BCUT2D eigenvalue weighted by atomic mass is 10.00. The predicted molar refractivity (Wildman–Crippen MR) is 76.8 cm³/mol. The Labute approximate surface area is 123 Å². The lowest BCUT2D eigenvalue weighted by Crippen LogP contribution is -2.40. The van der Waals surface area contributed by atoms with E-state index in [9.17, 15) is 17.6 Å². The Hall–Kier alpha value is -1.67. The van der Waals surface area contributed by atoms with Crippen LogP contribution in [0.2, 0.25) is 0 Å². The maximum Gasteiger partial charge on any atom is 0.321 e. The summed E-state index contributed by atoms with van der Waals surface area (Å²) in [6, 6.07) is 2.61. The zero-order valence-corrected chi connectivity index (χ0v) is 12.5. The van der Waals surface area contributed by atoms with Crippen molar-refractivity contribution in [3.05, 3.63) is 24.0 Å². The molecule has 3 N–H and O–H groups in total. The summed E-state index contributed by atoms with van der Waals surface area (Å²) in [4.78, 5) is 13.4. The van der Waals surface area contributed by atoms with Crippen molar-refractivity contribution < 1.29 is 17.6 Å². The van der Waals surface area contributed by atoms with Crippen LogP contribution in [0.1, 0.15) is 19.8 Å². The fourth-order valence-corrected chi connectivity index (χ4v) is 2.72. The number of amides is 2. The van der Waals surface area contributed by atoms with E-state index < -0.39 is 21.9 Å². The molecule has 21 heavy (non-hydrogen) atoms. The van der Waals surface area contributed by atoms with Gasteiger partial charge in [0, 0.05) is 13.1 Å². The van der Waals surface area contributed by atoms with Gasteiger partial charge in [-0.3, -0.25) is 0 Å². The first-order chi connectivity index (χ1) is 9.77. The third-order valence-corrected chi connectivity index (χ3v) is 4.49. The monoisotopic (exact) mass is 315 g/mol. The largest absolute Gasteiger partial charge is 0.325 e. The Morgan fingerprint density at radius 3 is 2.57 bits per heavy atom. The number of nitrogens with one attached hydrogen (secondary N) is 1. The van der Waals surface area contributed by atoms with Crippen LogP contribution in [-0.4, -0.2) is 32.4 Å². The summed E-state index contributed by atoms with van der Waals surface area (Å²) >= 11 is 0. The van der Waals surface area contributed by atoms with Crippen molar-refractivity contribution in [3.8, 4) is 0 Å². The highest BCUT2D eigenvalue weighted by atomic mass is 32.2. The number of hydrogen-bond acceptors (Lipinski definition) is 3. The molecule has 0 atom stereocenters. The smallest absolute Gasteiger partial charge is 0.321 e. The molecule has 6 nitrogen and oxygen atoms in total. The van der Waals surface area contributed by atoms with Gasteiger partial charge in [0.1, 0.15) is 5.82 Å². The van der Waals surface area contributed by atoms with Gasteiger partial charge >= 0.3 is 6.03 Å². The van der Waals surface area contributed by atoms with Crippen LogP contribution in [-0.2, 0) is 10.0 Å². The minimum Gasteiger partial charge on any atom is -0.325 e. The molecule has 0 saturated carbocycles. The molecular formula is C13H18FN3O3S. The second kappa shape index (κ2) is 5.98. The maximum atomic E-state index is 13.7. The highest BCUT2D eigenvalue weighted by molar-refractivity contribution is 7.89. The van der Waals surface area contributed by atoms with Crippen molar-refractivity contribution in [1.82, 2.24) is 4.90 Å². The fourth-order valence-electron chi connectivity index (χ4n) is 2.18. The number of nitrogens with two attached hydrogens (primary N) is 1. The Morgan fingerprint density at radius 2 is 2.00 bits per heavy atom. The van der Waals surface area contributed by atoms with Gasteiger partial charge in [-0.05, 0) is 37.0 Å². The van der Waals surface area contributed by atoms with Crippen molar-refractivity contribution in [1.29, 1.82) is 0 Å². The third-order valence-electron chi connectivity index (χ3n) is 3.58. The van der Waals surface area contributed by atoms with Crippen molar-refractivity contribution >= 4 is 21.7 Å². The number of halogens is 1. The summed E-state index contributed by atoms with van der Waals surface area (Å²) in [5.74, 6) is -0.141. The number of hydrogen-bond donors (Lipinski definition) is 2. The number of sulfonamides is 1. The molecule has 0 aromatic heterocycles. The van der Waals surface area contributed by atoms with Gasteiger partial charge in [0.15, 0.2) is 0 Å². The molecule has 116 valence electrons. The van der Waals surface area contributed by atoms with E-state index in [1.54, 1.807) is 4.90 Å². The summed E-state index contributed by atoms with van der Waals surface area (Å²) in [5, 5.41) is 7.39. The molecule has 1 saturated heterocycles. The van der Waals surface area contributed by atoms with Crippen LogP contribution in [0.3, 0.4) is 0 Å². The molecule has 2 amide bonds. The summed E-state index contributed by atoms with van der Waals surface area (Å²) in [6.07, 6.45) is 1.79. The van der Waals surface area contributed by atoms with Crippen LogP contribution in [0.25, 0.3) is 0 Å². The predicted octanol–water partition coefficient (Wildman–Crippen LogP) is 1.74. The molecule has 0 radical (unpaired) electrons. The average Bonchev–Trinajstić information content (AvgIpc) is 2.40. The van der Waals surface area contributed by atoms with Crippen molar-refractivity contribution in [2.24, 2.45) is 11.1 Å². The molecule has 1 heterocycles. The van der Waals surface area contributed by atoms with Gasteiger partial charge in [-0.25, -0.2) is 22.7 Å². The number of primary sulfonamides is 1. The van der Waals surface area contributed by atoms with E-state index in [0.29, 0.717) is 19.0 Å². The van der Waals surface area contributed by atoms with Crippen LogP contribution in [0.5, 0.6) is 0 Å². The summed E-state index contributed by atoms with van der Waals surface area (Å²) in [6.45, 7) is 3.32. The fraction of sp³-hybridized carbons (Fsp3) is 0.462. The number of rotatable bonds is 2. The summed E-state index contributed by atoms with van der Waals surface area (Å²) in [7, 11) is -3.94. The van der Waals surface area contributed by atoms with Crippen molar-refractivity contribution in [2.45, 2.75) is 24.7 Å². The van der Waals surface area contributed by atoms with E-state index in [-0.39, 0.29) is 10.6 Å². The molecule has 0 aliphatic carbocycles. The van der Waals surface area contributed by atoms with Crippen LogP contribution in [0, 0.1) is 11.7 Å². The molecule has 2 rings (SSSR count). The number of nitrogens with zero attached hydrogens (tertiary/aromatic N) is 1. The van der Waals surface area contributed by atoms with Gasteiger partial charge in [0.2, 0.25) is 10.0 Å². The first-order valence-corrected chi connectivity index (χ1v) is 8.20. The van der Waals surface area contributed by atoms with Crippen molar-refractivity contribution in [2.75, 3.05) is 18.4 Å². The second-order valence-electron chi connectivity index (χ2n) is 5.29. The molecule has 1 aromatic rings. The van der Waals surface area contributed by atoms with Gasteiger partial charge < -0.3 is 10.2 Å². The van der Waals surface area contributed by atoms with E-state index in [1.165, 1.54) is 0 Å². The molecule has 0 unspecified atom stereocenters. The van der Waals surface area contributed by atoms with Crippen LogP contribution < -0.4 is 10.5 Å². The van der Waals surface area contributed by atoms with Gasteiger partial charge in [0.05, 0.1) is 10.6 Å².